The second-order valence-electron chi connectivity index (χ2n) is 7.54. The number of likely N-dealkylation sites (tertiary alicyclic amines) is 1. The van der Waals surface area contributed by atoms with Crippen LogP contribution in [0.1, 0.15) is 23.3 Å². The first-order valence-electron chi connectivity index (χ1n) is 10.1. The molecule has 0 radical (unpaired) electrons. The van der Waals surface area contributed by atoms with Crippen LogP contribution in [0.3, 0.4) is 0 Å². The van der Waals surface area contributed by atoms with E-state index in [4.69, 9.17) is 0 Å². The summed E-state index contributed by atoms with van der Waals surface area (Å²) in [4.78, 5) is 34.7. The van der Waals surface area contributed by atoms with Gasteiger partial charge < -0.3 is 9.88 Å². The molecule has 7 heteroatoms. The molecule has 30 heavy (non-hydrogen) atoms. The molecule has 1 unspecified atom stereocenters. The van der Waals surface area contributed by atoms with E-state index in [-0.39, 0.29) is 17.5 Å². The van der Waals surface area contributed by atoms with E-state index in [1.807, 2.05) is 47.4 Å². The smallest absolute Gasteiger partial charge is 0.270 e. The van der Waals surface area contributed by atoms with Crippen molar-refractivity contribution in [3.8, 4) is 11.3 Å². The van der Waals surface area contributed by atoms with Crippen molar-refractivity contribution in [1.82, 2.24) is 24.6 Å². The van der Waals surface area contributed by atoms with Gasteiger partial charge in [-0.2, -0.15) is 5.10 Å². The van der Waals surface area contributed by atoms with Gasteiger partial charge >= 0.3 is 0 Å². The van der Waals surface area contributed by atoms with Crippen LogP contribution in [-0.4, -0.2) is 43.1 Å². The molecule has 4 aromatic rings. The molecule has 7 nitrogen and oxygen atoms in total. The lowest BCUT2D eigenvalue weighted by atomic mass is 10.2. The number of aromatic amines is 1. The van der Waals surface area contributed by atoms with E-state index in [1.54, 1.807) is 18.5 Å². The highest BCUT2D eigenvalue weighted by Gasteiger charge is 2.31. The van der Waals surface area contributed by atoms with E-state index < -0.39 is 0 Å². The Morgan fingerprint density at radius 2 is 1.93 bits per heavy atom. The van der Waals surface area contributed by atoms with Gasteiger partial charge in [0.1, 0.15) is 5.69 Å². The Morgan fingerprint density at radius 3 is 2.77 bits per heavy atom. The first-order chi connectivity index (χ1) is 14.7. The van der Waals surface area contributed by atoms with Crippen molar-refractivity contribution < 1.29 is 4.79 Å². The van der Waals surface area contributed by atoms with E-state index >= 15 is 0 Å². The number of H-pyrrole nitrogens is 1. The molecule has 1 amide bonds. The number of hydrogen-bond donors (Lipinski definition) is 1. The SMILES string of the molecule is O=C(c1cc2ccccc2[nH]1)N1CCCC1Cn1nc(-c2ccncc2)ccc1=O. The number of fused-ring (bicyclic) bond motifs is 1. The summed E-state index contributed by atoms with van der Waals surface area (Å²) in [6.07, 6.45) is 5.16. The maximum atomic E-state index is 13.2. The van der Waals surface area contributed by atoms with Gasteiger partial charge in [-0.3, -0.25) is 14.6 Å². The van der Waals surface area contributed by atoms with Crippen LogP contribution < -0.4 is 5.56 Å². The number of nitrogens with one attached hydrogen (secondary N) is 1. The van der Waals surface area contributed by atoms with Crippen LogP contribution in [0.25, 0.3) is 22.2 Å². The van der Waals surface area contributed by atoms with Gasteiger partial charge in [-0.25, -0.2) is 4.68 Å². The van der Waals surface area contributed by atoms with Crippen LogP contribution in [0.15, 0.2) is 71.8 Å². The second kappa shape index (κ2) is 7.59. The minimum Gasteiger partial charge on any atom is -0.351 e. The zero-order valence-electron chi connectivity index (χ0n) is 16.4. The van der Waals surface area contributed by atoms with Crippen molar-refractivity contribution in [2.24, 2.45) is 0 Å². The zero-order valence-corrected chi connectivity index (χ0v) is 16.4. The molecule has 1 saturated heterocycles. The number of amides is 1. The number of carbonyl (C=O) groups is 1. The van der Waals surface area contributed by atoms with E-state index in [0.717, 1.165) is 29.3 Å². The summed E-state index contributed by atoms with van der Waals surface area (Å²) in [6.45, 7) is 1.06. The summed E-state index contributed by atoms with van der Waals surface area (Å²) in [5.41, 5.74) is 2.96. The Kier molecular flexibility index (Phi) is 4.63. The van der Waals surface area contributed by atoms with Crippen molar-refractivity contribution in [2.75, 3.05) is 6.54 Å². The van der Waals surface area contributed by atoms with Crippen molar-refractivity contribution in [3.05, 3.63) is 83.0 Å². The Labute approximate surface area is 173 Å². The number of nitrogens with zero attached hydrogens (tertiary/aromatic N) is 4. The summed E-state index contributed by atoms with van der Waals surface area (Å²) in [7, 11) is 0. The fourth-order valence-electron chi connectivity index (χ4n) is 4.09. The summed E-state index contributed by atoms with van der Waals surface area (Å²) in [5.74, 6) is -0.0352. The molecule has 150 valence electrons. The van der Waals surface area contributed by atoms with Crippen LogP contribution in [-0.2, 0) is 6.54 Å². The molecule has 3 aromatic heterocycles. The van der Waals surface area contributed by atoms with Gasteiger partial charge in [0.2, 0.25) is 0 Å². The van der Waals surface area contributed by atoms with Gasteiger partial charge in [0, 0.05) is 41.5 Å². The normalized spacial score (nSPS) is 16.3. The van der Waals surface area contributed by atoms with Crippen molar-refractivity contribution in [3.63, 3.8) is 0 Å². The predicted molar refractivity (Wildman–Crippen MR) is 114 cm³/mol. The molecule has 4 heterocycles. The summed E-state index contributed by atoms with van der Waals surface area (Å²) in [6, 6.07) is 16.6. The highest BCUT2D eigenvalue weighted by molar-refractivity contribution is 5.98. The van der Waals surface area contributed by atoms with Crippen LogP contribution >= 0.6 is 0 Å². The Morgan fingerprint density at radius 1 is 1.10 bits per heavy atom. The zero-order chi connectivity index (χ0) is 20.5. The second-order valence-corrected chi connectivity index (χ2v) is 7.54. The molecule has 5 rings (SSSR count). The van der Waals surface area contributed by atoms with Crippen LogP contribution in [0.4, 0.5) is 0 Å². The number of carbonyl (C=O) groups excluding carboxylic acids is 1. The Balaban J connectivity index is 1.40. The molecular formula is C23H21N5O2. The Hall–Kier alpha value is -3.74. The highest BCUT2D eigenvalue weighted by atomic mass is 16.2. The number of pyridine rings is 1. The van der Waals surface area contributed by atoms with E-state index in [9.17, 15) is 9.59 Å². The molecule has 1 N–H and O–H groups in total. The van der Waals surface area contributed by atoms with Gasteiger partial charge in [0.05, 0.1) is 18.3 Å². The number of para-hydroxylation sites is 1. The van der Waals surface area contributed by atoms with Crippen molar-refractivity contribution in [2.45, 2.75) is 25.4 Å². The van der Waals surface area contributed by atoms with E-state index in [0.29, 0.717) is 24.5 Å². The maximum absolute atomic E-state index is 13.2. The summed E-state index contributed by atoms with van der Waals surface area (Å²) < 4.78 is 1.47. The molecule has 1 aliphatic rings. The van der Waals surface area contributed by atoms with Crippen molar-refractivity contribution in [1.29, 1.82) is 0 Å². The summed E-state index contributed by atoms with van der Waals surface area (Å²) in [5, 5.41) is 5.55. The maximum Gasteiger partial charge on any atom is 0.270 e. The fraction of sp³-hybridized carbons (Fsp3) is 0.217. The topological polar surface area (TPSA) is 83.9 Å². The lowest BCUT2D eigenvalue weighted by Crippen LogP contribution is -2.40. The van der Waals surface area contributed by atoms with Gasteiger partial charge in [-0.1, -0.05) is 18.2 Å². The predicted octanol–water partition coefficient (Wildman–Crippen LogP) is 3.09. The minimum absolute atomic E-state index is 0.0352. The first kappa shape index (κ1) is 18.3. The monoisotopic (exact) mass is 399 g/mol. The lowest BCUT2D eigenvalue weighted by molar-refractivity contribution is 0.0715. The Bertz CT molecular complexity index is 1230. The van der Waals surface area contributed by atoms with Crippen LogP contribution in [0.5, 0.6) is 0 Å². The van der Waals surface area contributed by atoms with Crippen LogP contribution in [0.2, 0.25) is 0 Å². The molecule has 1 aliphatic heterocycles. The number of rotatable bonds is 4. The van der Waals surface area contributed by atoms with E-state index in [1.165, 1.54) is 10.7 Å². The fourth-order valence-corrected chi connectivity index (χ4v) is 4.09. The molecule has 1 fully saturated rings. The van der Waals surface area contributed by atoms with Gasteiger partial charge in [-0.05, 0) is 43.2 Å². The average molecular weight is 399 g/mol. The quantitative estimate of drug-likeness (QED) is 0.572. The van der Waals surface area contributed by atoms with Crippen LogP contribution in [0, 0.1) is 0 Å². The highest BCUT2D eigenvalue weighted by Crippen LogP contribution is 2.23. The van der Waals surface area contributed by atoms with Gasteiger partial charge in [0.15, 0.2) is 0 Å². The lowest BCUT2D eigenvalue weighted by Gasteiger charge is -2.24. The van der Waals surface area contributed by atoms with Gasteiger partial charge in [0.25, 0.3) is 11.5 Å². The summed E-state index contributed by atoms with van der Waals surface area (Å²) >= 11 is 0. The number of aromatic nitrogens is 4. The molecule has 1 aromatic carbocycles. The van der Waals surface area contributed by atoms with Crippen molar-refractivity contribution >= 4 is 16.8 Å². The molecule has 0 spiro atoms. The molecule has 0 aliphatic carbocycles. The third-order valence-corrected chi connectivity index (χ3v) is 5.62. The largest absolute Gasteiger partial charge is 0.351 e. The molecular weight excluding hydrogens is 378 g/mol. The van der Waals surface area contributed by atoms with E-state index in [2.05, 4.69) is 15.1 Å². The average Bonchev–Trinajstić information content (AvgIpc) is 3.42. The first-order valence-corrected chi connectivity index (χ1v) is 10.1. The third-order valence-electron chi connectivity index (χ3n) is 5.62. The standard InChI is InChI=1S/C23H21N5O2/c29-22-8-7-20(16-9-11-24-12-10-16)26-28(22)15-18-5-3-13-27(18)23(30)21-14-17-4-1-2-6-19(17)25-21/h1-2,4,6-12,14,18,25H,3,5,13,15H2. The third kappa shape index (κ3) is 3.39. The molecule has 0 bridgehead atoms. The number of benzene rings is 1. The van der Waals surface area contributed by atoms with Gasteiger partial charge in [-0.15, -0.1) is 0 Å². The molecule has 0 saturated carbocycles. The number of hydrogen-bond acceptors (Lipinski definition) is 4. The minimum atomic E-state index is -0.169. The molecule has 1 atom stereocenters.